The fourth-order valence-electron chi connectivity index (χ4n) is 7.53. The van der Waals surface area contributed by atoms with E-state index >= 15 is 0 Å². The molecule has 4 amide bonds. The number of carbonyl (C=O) groups is 4. The molecular weight excluding hydrogens is 749 g/mol. The van der Waals surface area contributed by atoms with Crippen LogP contribution in [-0.4, -0.2) is 118 Å². The van der Waals surface area contributed by atoms with Crippen LogP contribution >= 0.6 is 11.8 Å². The fourth-order valence-corrected chi connectivity index (χ4v) is 8.22. The summed E-state index contributed by atoms with van der Waals surface area (Å²) in [6.45, 7) is 6.64. The smallest absolute Gasteiger partial charge is 0.407 e. The van der Waals surface area contributed by atoms with Gasteiger partial charge in [-0.1, -0.05) is 62.4 Å². The molecule has 0 bridgehead atoms. The third-order valence-electron chi connectivity index (χ3n) is 10.9. The second kappa shape index (κ2) is 18.3. The summed E-state index contributed by atoms with van der Waals surface area (Å²) in [7, 11) is 4.05. The maximum Gasteiger partial charge on any atom is 0.407 e. The Kier molecular flexibility index (Phi) is 13.2. The molecule has 4 heterocycles. The van der Waals surface area contributed by atoms with Crippen molar-refractivity contribution in [3.8, 4) is 33.6 Å². The lowest BCUT2D eigenvalue weighted by molar-refractivity contribution is -0.137. The van der Waals surface area contributed by atoms with Crippen LogP contribution in [0.3, 0.4) is 0 Å². The summed E-state index contributed by atoms with van der Waals surface area (Å²) in [6, 6.07) is 14.3. The highest BCUT2D eigenvalue weighted by Crippen LogP contribution is 2.38. The summed E-state index contributed by atoms with van der Waals surface area (Å²) < 4.78 is 14.9. The van der Waals surface area contributed by atoms with E-state index in [1.165, 1.54) is 21.3 Å². The second-order valence-corrected chi connectivity index (χ2v) is 15.9. The molecule has 4 N–H and O–H groups in total. The molecule has 0 saturated carbocycles. The van der Waals surface area contributed by atoms with Gasteiger partial charge < -0.3 is 44.6 Å². The van der Waals surface area contributed by atoms with Gasteiger partial charge in [-0.15, -0.1) is 0 Å². The van der Waals surface area contributed by atoms with Crippen LogP contribution in [0.5, 0.6) is 0 Å². The minimum atomic E-state index is -0.897. The molecule has 57 heavy (non-hydrogen) atoms. The van der Waals surface area contributed by atoms with Crippen LogP contribution in [-0.2, 0) is 23.8 Å². The van der Waals surface area contributed by atoms with Gasteiger partial charge in [-0.3, -0.25) is 9.59 Å². The molecule has 2 aromatic heterocycles. The molecule has 2 aliphatic rings. The van der Waals surface area contributed by atoms with E-state index in [9.17, 15) is 19.2 Å². The number of nitrogens with zero attached hydrogens (tertiary/aromatic N) is 4. The van der Waals surface area contributed by atoms with Crippen molar-refractivity contribution in [1.29, 1.82) is 0 Å². The number of thioether (sulfide) groups is 1. The lowest BCUT2D eigenvalue weighted by Crippen LogP contribution is -2.54. The normalized spacial score (nSPS) is 19.6. The standard InChI is InChI=1S/C41H52N8O7S/c1-23(2)34(46-40(52)55-5)38(50)49-22-29(57-7)19-33(49)37-43-21-31(45-37)28-16-12-26(13-17-28)25-10-14-27(15-11-25)30-20-42-36(44-30)32-9-8-18-48(32)39(51)35(24(3)54-4)47-41(53)56-6/h10-17,20-21,23-24,29,32-35H,8-9,18-19,22H2,1-7H3,(H,42,44)(H,43,45)(H,46,52)(H,47,53)/t24-,29+,32+,33+,34+,35+/m1/s1. The molecule has 6 rings (SSSR count). The summed E-state index contributed by atoms with van der Waals surface area (Å²) in [5.41, 5.74) is 5.69. The lowest BCUT2D eigenvalue weighted by Gasteiger charge is -2.30. The van der Waals surface area contributed by atoms with Crippen molar-refractivity contribution in [3.05, 3.63) is 72.6 Å². The summed E-state index contributed by atoms with van der Waals surface area (Å²) in [6.07, 6.45) is 6.05. The number of methoxy groups -OCH3 is 3. The first-order chi connectivity index (χ1) is 27.5. The molecule has 304 valence electrons. The molecule has 2 aliphatic heterocycles. The number of benzene rings is 2. The summed E-state index contributed by atoms with van der Waals surface area (Å²) in [5, 5.41) is 5.58. The van der Waals surface area contributed by atoms with Crippen LogP contribution in [0.2, 0.25) is 0 Å². The molecular formula is C41H52N8O7S. The van der Waals surface area contributed by atoms with E-state index in [0.29, 0.717) is 24.7 Å². The Labute approximate surface area is 337 Å². The maximum atomic E-state index is 13.8. The lowest BCUT2D eigenvalue weighted by atomic mass is 10.0. The number of aromatic amines is 2. The molecule has 4 aromatic rings. The van der Waals surface area contributed by atoms with Crippen molar-refractivity contribution in [2.75, 3.05) is 40.7 Å². The number of rotatable bonds is 13. The van der Waals surface area contributed by atoms with E-state index in [0.717, 1.165) is 52.9 Å². The Balaban J connectivity index is 1.12. The van der Waals surface area contributed by atoms with Crippen molar-refractivity contribution in [2.24, 2.45) is 5.92 Å². The molecule has 0 aliphatic carbocycles. The number of likely N-dealkylation sites (tertiary alicyclic amines) is 2. The zero-order valence-corrected chi connectivity index (χ0v) is 34.2. The van der Waals surface area contributed by atoms with Crippen LogP contribution in [0, 0.1) is 5.92 Å². The Bertz CT molecular complexity index is 2020. The minimum Gasteiger partial charge on any atom is -0.453 e. The quantitative estimate of drug-likeness (QED) is 0.126. The van der Waals surface area contributed by atoms with E-state index < -0.39 is 30.4 Å². The number of amides is 4. The van der Waals surface area contributed by atoms with E-state index in [4.69, 9.17) is 19.2 Å². The van der Waals surface area contributed by atoms with Gasteiger partial charge in [0.15, 0.2) is 0 Å². The second-order valence-electron chi connectivity index (χ2n) is 14.7. The van der Waals surface area contributed by atoms with Gasteiger partial charge in [0.2, 0.25) is 11.8 Å². The summed E-state index contributed by atoms with van der Waals surface area (Å²) in [4.78, 5) is 71.3. The van der Waals surface area contributed by atoms with Crippen molar-refractivity contribution >= 4 is 35.8 Å². The van der Waals surface area contributed by atoms with Crippen molar-refractivity contribution < 1.29 is 33.4 Å². The highest BCUT2D eigenvalue weighted by molar-refractivity contribution is 7.99. The predicted octanol–water partition coefficient (Wildman–Crippen LogP) is 5.94. The number of ether oxygens (including phenoxy) is 3. The van der Waals surface area contributed by atoms with E-state index in [2.05, 4.69) is 49.9 Å². The minimum absolute atomic E-state index is 0.124. The van der Waals surface area contributed by atoms with Gasteiger partial charge >= 0.3 is 12.2 Å². The average Bonchev–Trinajstić information content (AvgIpc) is 4.07. The third kappa shape index (κ3) is 9.12. The fraction of sp³-hybridized carbons (Fsp3) is 0.463. The molecule has 2 aromatic carbocycles. The molecule has 2 saturated heterocycles. The Morgan fingerprint density at radius 2 is 1.23 bits per heavy atom. The Hall–Kier alpha value is -5.35. The van der Waals surface area contributed by atoms with Gasteiger partial charge in [-0.25, -0.2) is 19.6 Å². The predicted molar refractivity (Wildman–Crippen MR) is 217 cm³/mol. The van der Waals surface area contributed by atoms with Crippen LogP contribution in [0.25, 0.3) is 33.6 Å². The van der Waals surface area contributed by atoms with Crippen LogP contribution in [0.1, 0.15) is 63.8 Å². The van der Waals surface area contributed by atoms with Gasteiger partial charge in [-0.05, 0) is 60.6 Å². The molecule has 0 unspecified atom stereocenters. The number of nitrogens with one attached hydrogen (secondary N) is 4. The topological polar surface area (TPSA) is 184 Å². The Morgan fingerprint density at radius 1 is 0.737 bits per heavy atom. The van der Waals surface area contributed by atoms with Crippen LogP contribution in [0.15, 0.2) is 60.9 Å². The molecule has 16 heteroatoms. The first kappa shape index (κ1) is 41.3. The number of alkyl carbamates (subject to hydrolysis) is 2. The van der Waals surface area contributed by atoms with Gasteiger partial charge in [0.1, 0.15) is 23.7 Å². The maximum absolute atomic E-state index is 13.8. The molecule has 6 atom stereocenters. The van der Waals surface area contributed by atoms with Crippen molar-refractivity contribution in [2.45, 2.75) is 75.6 Å². The van der Waals surface area contributed by atoms with E-state index in [1.807, 2.05) is 49.3 Å². The van der Waals surface area contributed by atoms with Gasteiger partial charge in [-0.2, -0.15) is 11.8 Å². The zero-order chi connectivity index (χ0) is 40.8. The van der Waals surface area contributed by atoms with Crippen molar-refractivity contribution in [1.82, 2.24) is 40.4 Å². The van der Waals surface area contributed by atoms with Crippen molar-refractivity contribution in [3.63, 3.8) is 0 Å². The number of hydrogen-bond acceptors (Lipinski definition) is 10. The van der Waals surface area contributed by atoms with E-state index in [-0.39, 0.29) is 35.1 Å². The SMILES string of the molecule is COC(=O)N[C@H](C(=O)N1C[C@@H](SC)C[C@H]1c1ncc(-c2ccc(-c3ccc(-c4cnc([C@@H]5CCCN5C(=O)[C@@H](NC(=O)OC)[C@@H](C)OC)[nH]4)cc3)cc2)[nH]1)C(C)C. The molecule has 0 spiro atoms. The molecule has 2 fully saturated rings. The first-order valence-electron chi connectivity index (χ1n) is 19.1. The Morgan fingerprint density at radius 3 is 1.72 bits per heavy atom. The van der Waals surface area contributed by atoms with Crippen LogP contribution in [0.4, 0.5) is 9.59 Å². The molecule has 0 radical (unpaired) electrons. The largest absolute Gasteiger partial charge is 0.453 e. The monoisotopic (exact) mass is 800 g/mol. The highest BCUT2D eigenvalue weighted by Gasteiger charge is 2.42. The number of aromatic nitrogens is 4. The summed E-state index contributed by atoms with van der Waals surface area (Å²) >= 11 is 1.72. The van der Waals surface area contributed by atoms with E-state index in [1.54, 1.807) is 36.0 Å². The highest BCUT2D eigenvalue weighted by atomic mass is 32.2. The van der Waals surface area contributed by atoms with Gasteiger partial charge in [0, 0.05) is 25.4 Å². The average molecular weight is 801 g/mol. The van der Waals surface area contributed by atoms with Gasteiger partial charge in [0.05, 0.1) is 56.2 Å². The van der Waals surface area contributed by atoms with Crippen LogP contribution < -0.4 is 10.6 Å². The number of hydrogen-bond donors (Lipinski definition) is 4. The van der Waals surface area contributed by atoms with Gasteiger partial charge in [0.25, 0.3) is 0 Å². The number of carbonyl (C=O) groups excluding carboxylic acids is 4. The number of H-pyrrole nitrogens is 2. The first-order valence-corrected chi connectivity index (χ1v) is 20.4. The summed E-state index contributed by atoms with van der Waals surface area (Å²) in [5.74, 6) is 0.877. The molecule has 15 nitrogen and oxygen atoms in total. The zero-order valence-electron chi connectivity index (χ0n) is 33.4. The third-order valence-corrected chi connectivity index (χ3v) is 11.9. The number of imidazole rings is 2.